The predicted octanol–water partition coefficient (Wildman–Crippen LogP) is 2.06. The Kier molecular flexibility index (Phi) is 6.44. The van der Waals surface area contributed by atoms with Crippen LogP contribution in [0.1, 0.15) is 13.8 Å². The van der Waals surface area contributed by atoms with Crippen molar-refractivity contribution in [2.24, 2.45) is 5.92 Å². The summed E-state index contributed by atoms with van der Waals surface area (Å²) >= 11 is 4.55. The number of hydrogen-bond donors (Lipinski definition) is 1. The highest BCUT2D eigenvalue weighted by atomic mass is 79.9. The van der Waals surface area contributed by atoms with Gasteiger partial charge in [0.1, 0.15) is 4.21 Å². The normalized spacial score (nSPS) is 19.7. The number of halogens is 1. The fourth-order valence-corrected chi connectivity index (χ4v) is 5.75. The molecule has 2 heterocycles. The van der Waals surface area contributed by atoms with Gasteiger partial charge in [-0.2, -0.15) is 0 Å². The zero-order valence-corrected chi connectivity index (χ0v) is 16.5. The van der Waals surface area contributed by atoms with Crippen LogP contribution in [0.5, 0.6) is 0 Å². The van der Waals surface area contributed by atoms with Crippen LogP contribution in [0.15, 0.2) is 20.1 Å². The molecular formula is C14H24BrN3O2S2. The van der Waals surface area contributed by atoms with Crippen molar-refractivity contribution < 1.29 is 8.42 Å². The first-order valence-corrected chi connectivity index (χ1v) is 10.6. The maximum absolute atomic E-state index is 12.4. The van der Waals surface area contributed by atoms with E-state index < -0.39 is 10.0 Å². The average Bonchev–Trinajstić information content (AvgIpc) is 2.88. The number of nitrogens with zero attached hydrogens (tertiary/aromatic N) is 2. The lowest BCUT2D eigenvalue weighted by Gasteiger charge is -2.39. The van der Waals surface area contributed by atoms with Crippen molar-refractivity contribution in [3.8, 4) is 0 Å². The SMILES string of the molecule is CC(C)[C@@H](CNS(=O)(=O)c1ccc(Br)s1)N1CCN(C)CC1. The molecule has 0 unspecified atom stereocenters. The van der Waals surface area contributed by atoms with Crippen molar-refractivity contribution >= 4 is 37.3 Å². The van der Waals surface area contributed by atoms with E-state index in [-0.39, 0.29) is 6.04 Å². The van der Waals surface area contributed by atoms with E-state index in [9.17, 15) is 8.42 Å². The number of nitrogens with one attached hydrogen (secondary N) is 1. The van der Waals surface area contributed by atoms with Gasteiger partial charge >= 0.3 is 0 Å². The van der Waals surface area contributed by atoms with Crippen molar-refractivity contribution in [3.63, 3.8) is 0 Å². The molecule has 1 atom stereocenters. The second-order valence-corrected chi connectivity index (χ2v) is 10.5. The Bertz CT molecular complexity index is 581. The molecule has 126 valence electrons. The largest absolute Gasteiger partial charge is 0.304 e. The molecule has 1 aromatic rings. The molecule has 1 fully saturated rings. The highest BCUT2D eigenvalue weighted by molar-refractivity contribution is 9.11. The second kappa shape index (κ2) is 7.72. The van der Waals surface area contributed by atoms with Crippen LogP contribution in [0.25, 0.3) is 0 Å². The van der Waals surface area contributed by atoms with Gasteiger partial charge in [0.25, 0.3) is 0 Å². The third kappa shape index (κ3) is 4.75. The van der Waals surface area contributed by atoms with Gasteiger partial charge in [0.15, 0.2) is 0 Å². The topological polar surface area (TPSA) is 52.7 Å². The van der Waals surface area contributed by atoms with Crippen LogP contribution in [0, 0.1) is 5.92 Å². The molecule has 0 saturated carbocycles. The Hall–Kier alpha value is 0.01000. The van der Waals surface area contributed by atoms with Gasteiger partial charge in [0.2, 0.25) is 10.0 Å². The van der Waals surface area contributed by atoms with E-state index in [1.807, 2.05) is 0 Å². The molecule has 1 aliphatic heterocycles. The molecule has 22 heavy (non-hydrogen) atoms. The van der Waals surface area contributed by atoms with Gasteiger partial charge < -0.3 is 4.90 Å². The lowest BCUT2D eigenvalue weighted by molar-refractivity contribution is 0.0905. The molecule has 1 N–H and O–H groups in total. The van der Waals surface area contributed by atoms with Crippen molar-refractivity contribution in [2.75, 3.05) is 39.8 Å². The standard InChI is InChI=1S/C14H24BrN3O2S2/c1-11(2)12(18-8-6-17(3)7-9-18)10-16-22(19,20)14-5-4-13(15)21-14/h4-5,11-12,16H,6-10H2,1-3H3/t12-/m1/s1. The molecule has 8 heteroatoms. The van der Waals surface area contributed by atoms with Gasteiger partial charge in [-0.15, -0.1) is 11.3 Å². The lowest BCUT2D eigenvalue weighted by Crippen LogP contribution is -2.54. The smallest absolute Gasteiger partial charge is 0.250 e. The van der Waals surface area contributed by atoms with Crippen LogP contribution in [0.3, 0.4) is 0 Å². The fraction of sp³-hybridized carbons (Fsp3) is 0.714. The second-order valence-electron chi connectivity index (χ2n) is 6.06. The molecule has 0 radical (unpaired) electrons. The van der Waals surface area contributed by atoms with E-state index in [0.29, 0.717) is 16.7 Å². The Morgan fingerprint density at radius 1 is 1.27 bits per heavy atom. The highest BCUT2D eigenvalue weighted by Crippen LogP contribution is 2.26. The van der Waals surface area contributed by atoms with Crippen LogP contribution in [-0.4, -0.2) is 64.0 Å². The van der Waals surface area contributed by atoms with Gasteiger partial charge in [-0.1, -0.05) is 13.8 Å². The van der Waals surface area contributed by atoms with Gasteiger partial charge in [-0.3, -0.25) is 4.90 Å². The zero-order valence-electron chi connectivity index (χ0n) is 13.3. The van der Waals surface area contributed by atoms with Crippen molar-refractivity contribution in [1.82, 2.24) is 14.5 Å². The lowest BCUT2D eigenvalue weighted by atomic mass is 10.0. The monoisotopic (exact) mass is 409 g/mol. The summed E-state index contributed by atoms with van der Waals surface area (Å²) in [6, 6.07) is 3.63. The molecule has 0 spiro atoms. The highest BCUT2D eigenvalue weighted by Gasteiger charge is 2.27. The van der Waals surface area contributed by atoms with E-state index in [2.05, 4.69) is 51.3 Å². The summed E-state index contributed by atoms with van der Waals surface area (Å²) in [6.45, 7) is 8.82. The summed E-state index contributed by atoms with van der Waals surface area (Å²) in [7, 11) is -1.29. The first-order valence-electron chi connectivity index (χ1n) is 7.47. The van der Waals surface area contributed by atoms with Crippen molar-refractivity contribution in [2.45, 2.75) is 24.1 Å². The quantitative estimate of drug-likeness (QED) is 0.780. The Labute approximate surface area is 145 Å². The van der Waals surface area contributed by atoms with Crippen LogP contribution in [0.2, 0.25) is 0 Å². The maximum Gasteiger partial charge on any atom is 0.250 e. The first-order chi connectivity index (χ1) is 10.3. The average molecular weight is 410 g/mol. The van der Waals surface area contributed by atoms with Gasteiger partial charge in [-0.05, 0) is 41.0 Å². The molecule has 1 aromatic heterocycles. The molecule has 0 amide bonds. The third-order valence-electron chi connectivity index (χ3n) is 4.07. The molecule has 2 rings (SSSR count). The maximum atomic E-state index is 12.4. The van der Waals surface area contributed by atoms with Gasteiger partial charge in [0, 0.05) is 38.8 Å². The summed E-state index contributed by atoms with van der Waals surface area (Å²) < 4.78 is 28.7. The number of thiophene rings is 1. The predicted molar refractivity (Wildman–Crippen MR) is 94.9 cm³/mol. The van der Waals surface area contributed by atoms with E-state index >= 15 is 0 Å². The Morgan fingerprint density at radius 2 is 1.91 bits per heavy atom. The van der Waals surface area contributed by atoms with E-state index in [0.717, 1.165) is 30.0 Å². The molecule has 5 nitrogen and oxygen atoms in total. The number of sulfonamides is 1. The van der Waals surface area contributed by atoms with E-state index in [1.165, 1.54) is 11.3 Å². The zero-order chi connectivity index (χ0) is 16.3. The number of piperazine rings is 1. The summed E-state index contributed by atoms with van der Waals surface area (Å²) in [4.78, 5) is 4.71. The fourth-order valence-electron chi connectivity index (χ4n) is 2.65. The minimum atomic E-state index is -3.42. The summed E-state index contributed by atoms with van der Waals surface area (Å²) in [5, 5.41) is 0. The van der Waals surface area contributed by atoms with Crippen molar-refractivity contribution in [1.29, 1.82) is 0 Å². The van der Waals surface area contributed by atoms with Crippen LogP contribution >= 0.6 is 27.3 Å². The number of rotatable bonds is 6. The van der Waals surface area contributed by atoms with E-state index in [4.69, 9.17) is 0 Å². The molecule has 0 bridgehead atoms. The Balaban J connectivity index is 2.00. The number of likely N-dealkylation sites (N-methyl/N-ethyl adjacent to an activating group) is 1. The van der Waals surface area contributed by atoms with Gasteiger partial charge in [0.05, 0.1) is 3.79 Å². The molecule has 0 aliphatic carbocycles. The van der Waals surface area contributed by atoms with Crippen LogP contribution in [0.4, 0.5) is 0 Å². The van der Waals surface area contributed by atoms with Crippen molar-refractivity contribution in [3.05, 3.63) is 15.9 Å². The van der Waals surface area contributed by atoms with Crippen LogP contribution in [-0.2, 0) is 10.0 Å². The first kappa shape index (κ1) is 18.4. The molecule has 1 saturated heterocycles. The minimum Gasteiger partial charge on any atom is -0.304 e. The van der Waals surface area contributed by atoms with Gasteiger partial charge in [-0.25, -0.2) is 13.1 Å². The Morgan fingerprint density at radius 3 is 2.41 bits per heavy atom. The third-order valence-corrected chi connectivity index (χ3v) is 7.61. The molecule has 1 aliphatic rings. The van der Waals surface area contributed by atoms with E-state index in [1.54, 1.807) is 12.1 Å². The summed E-state index contributed by atoms with van der Waals surface area (Å²) in [5.74, 6) is 0.404. The summed E-state index contributed by atoms with van der Waals surface area (Å²) in [6.07, 6.45) is 0. The number of hydrogen-bond acceptors (Lipinski definition) is 5. The molecular weight excluding hydrogens is 386 g/mol. The summed E-state index contributed by atoms with van der Waals surface area (Å²) in [5.41, 5.74) is 0. The minimum absolute atomic E-state index is 0.229. The van der Waals surface area contributed by atoms with Crippen LogP contribution < -0.4 is 4.72 Å². The molecule has 0 aromatic carbocycles.